The van der Waals surface area contributed by atoms with Crippen molar-refractivity contribution in [1.29, 1.82) is 0 Å². The number of hydrogen-bond donors (Lipinski definition) is 2. The lowest BCUT2D eigenvalue weighted by Crippen LogP contribution is -1.85. The topological polar surface area (TPSA) is 41.8 Å². The quantitative estimate of drug-likeness (QED) is 0.478. The van der Waals surface area contributed by atoms with E-state index in [1.165, 1.54) is 0 Å². The van der Waals surface area contributed by atoms with Crippen molar-refractivity contribution in [2.24, 2.45) is 0 Å². The van der Waals surface area contributed by atoms with Crippen LogP contribution in [0.4, 0.5) is 5.69 Å². The molecule has 0 aliphatic rings. The smallest absolute Gasteiger partial charge is 0.103 e. The molecule has 0 bridgehead atoms. The first-order valence-corrected chi connectivity index (χ1v) is 4.05. The molecular weight excluding hydrogens is 168 g/mol. The van der Waals surface area contributed by atoms with Crippen LogP contribution in [0.15, 0.2) is 30.3 Å². The van der Waals surface area contributed by atoms with E-state index in [9.17, 15) is 0 Å². The normalized spacial score (nSPS) is 10.3. The van der Waals surface area contributed by atoms with Gasteiger partial charge < -0.3 is 10.7 Å². The van der Waals surface area contributed by atoms with Gasteiger partial charge >= 0.3 is 0 Å². The van der Waals surface area contributed by atoms with Gasteiger partial charge in [0.25, 0.3) is 0 Å². The molecule has 1 heterocycles. The Labute approximate surface area is 75.0 Å². The molecule has 0 saturated heterocycles. The Hall–Kier alpha value is -1.35. The Bertz CT molecular complexity index is 473. The van der Waals surface area contributed by atoms with Gasteiger partial charge in [-0.1, -0.05) is 12.2 Å². The number of H-pyrrole nitrogens is 1. The molecule has 0 amide bonds. The molecule has 0 saturated carbocycles. The monoisotopic (exact) mass is 176 g/mol. The predicted octanol–water partition coefficient (Wildman–Crippen LogP) is 2.48. The summed E-state index contributed by atoms with van der Waals surface area (Å²) >= 11 is 4.99. The molecule has 0 radical (unpaired) electrons. The van der Waals surface area contributed by atoms with E-state index in [1.807, 2.05) is 30.3 Å². The van der Waals surface area contributed by atoms with Gasteiger partial charge in [0.15, 0.2) is 0 Å². The maximum Gasteiger partial charge on any atom is 0.103 e. The molecule has 0 spiro atoms. The summed E-state index contributed by atoms with van der Waals surface area (Å²) in [6, 6.07) is 9.52. The number of benzene rings is 1. The molecule has 0 atom stereocenters. The molecule has 0 aliphatic carbocycles. The summed E-state index contributed by atoms with van der Waals surface area (Å²) in [4.78, 5) is 3.08. The van der Waals surface area contributed by atoms with Gasteiger partial charge in [-0.05, 0) is 30.3 Å². The highest BCUT2D eigenvalue weighted by atomic mass is 32.1. The fourth-order valence-corrected chi connectivity index (χ4v) is 1.35. The van der Waals surface area contributed by atoms with E-state index in [1.54, 1.807) is 0 Å². The third-order valence-corrected chi connectivity index (χ3v) is 1.99. The number of nitrogens with two attached hydrogens (primary N) is 1. The number of aromatic nitrogens is 1. The maximum absolute atomic E-state index is 5.62. The second-order valence-corrected chi connectivity index (χ2v) is 3.11. The van der Waals surface area contributed by atoms with Crippen LogP contribution in [-0.2, 0) is 0 Å². The highest BCUT2D eigenvalue weighted by Gasteiger charge is 1.91. The van der Waals surface area contributed by atoms with Crippen LogP contribution in [0.5, 0.6) is 0 Å². The number of hydrogen-bond acceptors (Lipinski definition) is 2. The van der Waals surface area contributed by atoms with E-state index in [0.29, 0.717) is 0 Å². The number of nitrogens with one attached hydrogen (secondary N) is 1. The molecule has 2 nitrogen and oxygen atoms in total. The van der Waals surface area contributed by atoms with Crippen molar-refractivity contribution in [3.8, 4) is 0 Å². The van der Waals surface area contributed by atoms with Crippen LogP contribution >= 0.6 is 12.2 Å². The Morgan fingerprint density at radius 3 is 2.83 bits per heavy atom. The summed E-state index contributed by atoms with van der Waals surface area (Å²) in [6.07, 6.45) is 0. The summed E-state index contributed by atoms with van der Waals surface area (Å²) in [6.45, 7) is 0. The molecule has 1 aromatic heterocycles. The Balaban J connectivity index is 2.87. The lowest BCUT2D eigenvalue weighted by Gasteiger charge is -1.98. The predicted molar refractivity (Wildman–Crippen MR) is 53.5 cm³/mol. The number of rotatable bonds is 0. The summed E-state index contributed by atoms with van der Waals surface area (Å²) in [5.74, 6) is 0. The van der Waals surface area contributed by atoms with Gasteiger partial charge in [0, 0.05) is 16.6 Å². The SMILES string of the molecule is Nc1ccc2[nH]c(=S)ccc2c1. The van der Waals surface area contributed by atoms with Crippen LogP contribution in [-0.4, -0.2) is 4.98 Å². The van der Waals surface area contributed by atoms with Crippen LogP contribution < -0.4 is 5.73 Å². The fourth-order valence-electron chi connectivity index (χ4n) is 1.17. The number of aromatic amines is 1. The van der Waals surface area contributed by atoms with Crippen LogP contribution in [0.2, 0.25) is 0 Å². The first-order chi connectivity index (χ1) is 5.75. The molecule has 0 aliphatic heterocycles. The molecule has 0 unspecified atom stereocenters. The van der Waals surface area contributed by atoms with Gasteiger partial charge in [-0.2, -0.15) is 0 Å². The lowest BCUT2D eigenvalue weighted by atomic mass is 10.2. The standard InChI is InChI=1S/C9H8N2S/c10-7-2-3-8-6(5-7)1-4-9(12)11-8/h1-5H,10H2,(H,11,12). The van der Waals surface area contributed by atoms with Crippen LogP contribution in [0.3, 0.4) is 0 Å². The zero-order chi connectivity index (χ0) is 8.55. The molecule has 2 aromatic rings. The average Bonchev–Trinajstić information content (AvgIpc) is 2.05. The Kier molecular flexibility index (Phi) is 1.59. The van der Waals surface area contributed by atoms with Crippen molar-refractivity contribution in [3.05, 3.63) is 35.0 Å². The van der Waals surface area contributed by atoms with E-state index in [0.717, 1.165) is 21.2 Å². The van der Waals surface area contributed by atoms with Gasteiger partial charge in [0.2, 0.25) is 0 Å². The molecule has 3 heteroatoms. The summed E-state index contributed by atoms with van der Waals surface area (Å²) in [5, 5.41) is 1.09. The minimum atomic E-state index is 0.743. The number of nitrogen functional groups attached to an aromatic ring is 1. The van der Waals surface area contributed by atoms with E-state index >= 15 is 0 Å². The van der Waals surface area contributed by atoms with Crippen LogP contribution in [0.1, 0.15) is 0 Å². The van der Waals surface area contributed by atoms with Gasteiger partial charge in [0.05, 0.1) is 0 Å². The number of anilines is 1. The second kappa shape index (κ2) is 2.60. The molecular formula is C9H8N2S. The third kappa shape index (κ3) is 1.19. The van der Waals surface area contributed by atoms with Gasteiger partial charge in [0.1, 0.15) is 4.64 Å². The first kappa shape index (κ1) is 7.31. The van der Waals surface area contributed by atoms with Gasteiger partial charge in [-0.3, -0.25) is 0 Å². The molecule has 2 rings (SSSR count). The zero-order valence-corrected chi connectivity index (χ0v) is 7.19. The van der Waals surface area contributed by atoms with Gasteiger partial charge in [-0.15, -0.1) is 0 Å². The Morgan fingerprint density at radius 2 is 2.00 bits per heavy atom. The summed E-state index contributed by atoms with van der Waals surface area (Å²) < 4.78 is 0.743. The van der Waals surface area contributed by atoms with Crippen molar-refractivity contribution < 1.29 is 0 Å². The molecule has 60 valence electrons. The fraction of sp³-hybridized carbons (Fsp3) is 0. The minimum absolute atomic E-state index is 0.743. The van der Waals surface area contributed by atoms with Crippen molar-refractivity contribution in [1.82, 2.24) is 4.98 Å². The summed E-state index contributed by atoms with van der Waals surface area (Å²) in [7, 11) is 0. The summed E-state index contributed by atoms with van der Waals surface area (Å²) in [5.41, 5.74) is 7.42. The highest BCUT2D eigenvalue weighted by molar-refractivity contribution is 7.71. The minimum Gasteiger partial charge on any atom is -0.399 e. The van der Waals surface area contributed by atoms with Crippen molar-refractivity contribution in [2.75, 3.05) is 5.73 Å². The molecule has 3 N–H and O–H groups in total. The van der Waals surface area contributed by atoms with Crippen molar-refractivity contribution >= 4 is 28.8 Å². The number of pyridine rings is 1. The molecule has 0 fully saturated rings. The van der Waals surface area contributed by atoms with Gasteiger partial charge in [-0.25, -0.2) is 0 Å². The molecule has 12 heavy (non-hydrogen) atoms. The van der Waals surface area contributed by atoms with E-state index in [4.69, 9.17) is 18.0 Å². The van der Waals surface area contributed by atoms with E-state index in [-0.39, 0.29) is 0 Å². The first-order valence-electron chi connectivity index (χ1n) is 3.64. The van der Waals surface area contributed by atoms with Crippen LogP contribution in [0.25, 0.3) is 10.9 Å². The van der Waals surface area contributed by atoms with Crippen molar-refractivity contribution in [3.63, 3.8) is 0 Å². The van der Waals surface area contributed by atoms with E-state index in [2.05, 4.69) is 4.98 Å². The van der Waals surface area contributed by atoms with E-state index < -0.39 is 0 Å². The third-order valence-electron chi connectivity index (χ3n) is 1.75. The highest BCUT2D eigenvalue weighted by Crippen LogP contribution is 2.14. The average molecular weight is 176 g/mol. The van der Waals surface area contributed by atoms with Crippen molar-refractivity contribution in [2.45, 2.75) is 0 Å². The largest absolute Gasteiger partial charge is 0.399 e. The Morgan fingerprint density at radius 1 is 1.17 bits per heavy atom. The van der Waals surface area contributed by atoms with Crippen LogP contribution in [0, 0.1) is 4.64 Å². The zero-order valence-electron chi connectivity index (χ0n) is 6.37. The molecule has 1 aromatic carbocycles. The lowest BCUT2D eigenvalue weighted by molar-refractivity contribution is 1.38. The maximum atomic E-state index is 5.62. The second-order valence-electron chi connectivity index (χ2n) is 2.67. The number of fused-ring (bicyclic) bond motifs is 1.